The van der Waals surface area contributed by atoms with Gasteiger partial charge in [0, 0.05) is 49.0 Å². The molecule has 2 aromatic heterocycles. The second-order valence-electron chi connectivity index (χ2n) is 6.07. The molecule has 4 rings (SSSR count). The van der Waals surface area contributed by atoms with Crippen LogP contribution in [0.5, 0.6) is 0 Å². The maximum atomic E-state index is 12.6. The van der Waals surface area contributed by atoms with E-state index in [4.69, 9.17) is 0 Å². The molecule has 6 nitrogen and oxygen atoms in total. The Bertz CT molecular complexity index is 894. The zero-order valence-corrected chi connectivity index (χ0v) is 14.5. The first-order valence-electron chi connectivity index (χ1n) is 8.22. The molecular formula is C18H18N4O2S. The molecule has 25 heavy (non-hydrogen) atoms. The van der Waals surface area contributed by atoms with Crippen molar-refractivity contribution in [1.29, 1.82) is 0 Å². The molecule has 0 atom stereocenters. The molecule has 1 aliphatic rings. The summed E-state index contributed by atoms with van der Waals surface area (Å²) in [5.74, 6) is 0.0974. The highest BCUT2D eigenvalue weighted by Gasteiger charge is 2.21. The largest absolute Gasteiger partial charge is 0.342 e. The van der Waals surface area contributed by atoms with Crippen molar-refractivity contribution in [3.63, 3.8) is 0 Å². The predicted octanol–water partition coefficient (Wildman–Crippen LogP) is 1.91. The van der Waals surface area contributed by atoms with E-state index in [9.17, 15) is 9.59 Å². The molecule has 0 spiro atoms. The lowest BCUT2D eigenvalue weighted by molar-refractivity contribution is -0.134. The lowest BCUT2D eigenvalue weighted by Gasteiger charge is -2.32. The number of thiazole rings is 1. The summed E-state index contributed by atoms with van der Waals surface area (Å²) in [7, 11) is 0. The number of aromatic nitrogens is 2. The summed E-state index contributed by atoms with van der Waals surface area (Å²) in [6.07, 6.45) is 3.20. The third-order valence-electron chi connectivity index (χ3n) is 4.50. The molecule has 1 saturated heterocycles. The van der Waals surface area contributed by atoms with Crippen molar-refractivity contribution in [3.05, 3.63) is 47.6 Å². The number of imidazole rings is 1. The highest BCUT2D eigenvalue weighted by Crippen LogP contribution is 2.24. The molecule has 0 N–H and O–H groups in total. The van der Waals surface area contributed by atoms with E-state index < -0.39 is 0 Å². The van der Waals surface area contributed by atoms with Crippen LogP contribution >= 0.6 is 11.3 Å². The summed E-state index contributed by atoms with van der Waals surface area (Å²) >= 11 is 1.55. The number of hydrogen-bond donors (Lipinski definition) is 0. The van der Waals surface area contributed by atoms with Gasteiger partial charge in [0.2, 0.25) is 12.3 Å². The summed E-state index contributed by atoms with van der Waals surface area (Å²) in [6.45, 7) is 2.42. The van der Waals surface area contributed by atoms with Gasteiger partial charge in [-0.25, -0.2) is 4.98 Å². The Hall–Kier alpha value is -2.67. The first-order valence-corrected chi connectivity index (χ1v) is 9.10. The smallest absolute Gasteiger partial charge is 0.228 e. The fourth-order valence-corrected chi connectivity index (χ4v) is 3.92. The van der Waals surface area contributed by atoms with Crippen LogP contribution in [-0.4, -0.2) is 57.7 Å². The minimum absolute atomic E-state index is 0.0974. The van der Waals surface area contributed by atoms with E-state index in [1.165, 1.54) is 0 Å². The molecule has 0 aliphatic carbocycles. The van der Waals surface area contributed by atoms with Gasteiger partial charge in [-0.05, 0) is 0 Å². The van der Waals surface area contributed by atoms with E-state index in [1.54, 1.807) is 16.2 Å². The van der Waals surface area contributed by atoms with Crippen molar-refractivity contribution in [2.24, 2.45) is 0 Å². The van der Waals surface area contributed by atoms with Gasteiger partial charge >= 0.3 is 0 Å². The van der Waals surface area contributed by atoms with Gasteiger partial charge in [0.05, 0.1) is 12.1 Å². The number of fused-ring (bicyclic) bond motifs is 1. The van der Waals surface area contributed by atoms with Crippen molar-refractivity contribution in [2.45, 2.75) is 6.42 Å². The Morgan fingerprint density at radius 3 is 2.64 bits per heavy atom. The summed E-state index contributed by atoms with van der Waals surface area (Å²) in [4.78, 5) is 32.4. The van der Waals surface area contributed by atoms with E-state index in [2.05, 4.69) is 4.98 Å². The molecule has 1 aromatic carbocycles. The molecule has 128 valence electrons. The van der Waals surface area contributed by atoms with Crippen LogP contribution in [0.1, 0.15) is 5.69 Å². The van der Waals surface area contributed by atoms with Gasteiger partial charge in [0.25, 0.3) is 0 Å². The Morgan fingerprint density at radius 1 is 1.16 bits per heavy atom. The molecular weight excluding hydrogens is 336 g/mol. The maximum Gasteiger partial charge on any atom is 0.228 e. The molecule has 3 aromatic rings. The number of amides is 2. The molecule has 0 unspecified atom stereocenters. The van der Waals surface area contributed by atoms with E-state index in [1.807, 2.05) is 51.2 Å². The third kappa shape index (κ3) is 3.15. The first kappa shape index (κ1) is 15.8. The van der Waals surface area contributed by atoms with Gasteiger partial charge in [0.15, 0.2) is 4.96 Å². The van der Waals surface area contributed by atoms with Gasteiger partial charge in [-0.2, -0.15) is 0 Å². The van der Waals surface area contributed by atoms with Crippen LogP contribution < -0.4 is 0 Å². The molecule has 7 heteroatoms. The Morgan fingerprint density at radius 2 is 1.92 bits per heavy atom. The lowest BCUT2D eigenvalue weighted by Crippen LogP contribution is -2.48. The van der Waals surface area contributed by atoms with Gasteiger partial charge in [-0.1, -0.05) is 30.3 Å². The highest BCUT2D eigenvalue weighted by molar-refractivity contribution is 7.15. The molecule has 0 radical (unpaired) electrons. The van der Waals surface area contributed by atoms with Crippen molar-refractivity contribution >= 4 is 28.6 Å². The second kappa shape index (κ2) is 6.68. The maximum absolute atomic E-state index is 12.6. The Kier molecular flexibility index (Phi) is 4.23. The quantitative estimate of drug-likeness (QED) is 0.673. The molecule has 2 amide bonds. The third-order valence-corrected chi connectivity index (χ3v) is 5.39. The summed E-state index contributed by atoms with van der Waals surface area (Å²) in [5.41, 5.74) is 2.94. The minimum atomic E-state index is 0.0974. The van der Waals surface area contributed by atoms with Gasteiger partial charge in [0.1, 0.15) is 0 Å². The zero-order valence-electron chi connectivity index (χ0n) is 13.7. The Labute approximate surface area is 149 Å². The van der Waals surface area contributed by atoms with Crippen molar-refractivity contribution in [1.82, 2.24) is 19.2 Å². The van der Waals surface area contributed by atoms with Crippen LogP contribution in [0.25, 0.3) is 16.2 Å². The average Bonchev–Trinajstić information content (AvgIpc) is 3.24. The van der Waals surface area contributed by atoms with Gasteiger partial charge in [-0.3, -0.25) is 14.0 Å². The van der Waals surface area contributed by atoms with E-state index in [0.29, 0.717) is 32.6 Å². The van der Waals surface area contributed by atoms with Gasteiger partial charge < -0.3 is 9.80 Å². The first-order chi connectivity index (χ1) is 12.2. The normalized spacial score (nSPS) is 14.9. The topological polar surface area (TPSA) is 57.9 Å². The van der Waals surface area contributed by atoms with E-state index in [0.717, 1.165) is 28.3 Å². The summed E-state index contributed by atoms with van der Waals surface area (Å²) < 4.78 is 2.01. The van der Waals surface area contributed by atoms with Crippen LogP contribution in [-0.2, 0) is 16.0 Å². The lowest BCUT2D eigenvalue weighted by atomic mass is 10.2. The monoisotopic (exact) mass is 354 g/mol. The zero-order chi connectivity index (χ0) is 17.2. The number of carbonyl (C=O) groups excluding carboxylic acids is 2. The molecule has 1 aliphatic heterocycles. The number of nitrogens with zero attached hydrogens (tertiary/aromatic N) is 4. The van der Waals surface area contributed by atoms with E-state index >= 15 is 0 Å². The second-order valence-corrected chi connectivity index (χ2v) is 6.91. The standard InChI is InChI=1S/C18H18N4O2S/c23-13-20-6-8-21(9-7-20)17(24)10-15-12-25-18-19-16(11-22(15)18)14-4-2-1-3-5-14/h1-5,11-13H,6-10H2. The van der Waals surface area contributed by atoms with Crippen LogP contribution in [0.2, 0.25) is 0 Å². The van der Waals surface area contributed by atoms with Crippen LogP contribution in [0.3, 0.4) is 0 Å². The fourth-order valence-electron chi connectivity index (χ4n) is 3.05. The van der Waals surface area contributed by atoms with E-state index in [-0.39, 0.29) is 5.91 Å². The fraction of sp³-hybridized carbons (Fsp3) is 0.278. The van der Waals surface area contributed by atoms with Crippen LogP contribution in [0.4, 0.5) is 0 Å². The van der Waals surface area contributed by atoms with Gasteiger partial charge in [-0.15, -0.1) is 11.3 Å². The summed E-state index contributed by atoms with van der Waals surface area (Å²) in [6, 6.07) is 10.0. The number of hydrogen-bond acceptors (Lipinski definition) is 4. The van der Waals surface area contributed by atoms with Crippen LogP contribution in [0.15, 0.2) is 41.9 Å². The predicted molar refractivity (Wildman–Crippen MR) is 96.4 cm³/mol. The molecule has 0 bridgehead atoms. The van der Waals surface area contributed by atoms with Crippen molar-refractivity contribution < 1.29 is 9.59 Å². The number of benzene rings is 1. The molecule has 1 fully saturated rings. The van der Waals surface area contributed by atoms with Crippen molar-refractivity contribution in [2.75, 3.05) is 26.2 Å². The SMILES string of the molecule is O=CN1CCN(C(=O)Cc2csc3nc(-c4ccccc4)cn23)CC1. The number of piperazine rings is 1. The molecule has 0 saturated carbocycles. The number of rotatable bonds is 4. The Balaban J connectivity index is 1.51. The van der Waals surface area contributed by atoms with Crippen molar-refractivity contribution in [3.8, 4) is 11.3 Å². The van der Waals surface area contributed by atoms with Crippen LogP contribution in [0, 0.1) is 0 Å². The summed E-state index contributed by atoms with van der Waals surface area (Å²) in [5, 5.41) is 2.00. The number of carbonyl (C=O) groups is 2. The minimum Gasteiger partial charge on any atom is -0.342 e. The highest BCUT2D eigenvalue weighted by atomic mass is 32.1. The average molecular weight is 354 g/mol. The molecule has 3 heterocycles.